The van der Waals surface area contributed by atoms with Gasteiger partial charge in [-0.2, -0.15) is 4.68 Å². The summed E-state index contributed by atoms with van der Waals surface area (Å²) in [6.07, 6.45) is 3.44. The molecule has 0 N–H and O–H groups in total. The monoisotopic (exact) mass is 317 g/mol. The van der Waals surface area contributed by atoms with Crippen molar-refractivity contribution in [3.63, 3.8) is 0 Å². The second kappa shape index (κ2) is 6.91. The standard InChI is InChI=1S/C15H19N5OS/c1-12-6-5-7-13(10-12)20-15(16-17-18-20)22-11-14(21)19-8-3-2-4-9-19/h5-7,10H,2-4,8-9,11H2,1H3. The average molecular weight is 317 g/mol. The minimum atomic E-state index is 0.170. The van der Waals surface area contributed by atoms with Gasteiger partial charge in [-0.15, -0.1) is 5.10 Å². The van der Waals surface area contributed by atoms with Crippen LogP contribution in [0.1, 0.15) is 24.8 Å². The lowest BCUT2D eigenvalue weighted by molar-refractivity contribution is -0.129. The lowest BCUT2D eigenvalue weighted by Crippen LogP contribution is -2.36. The van der Waals surface area contributed by atoms with E-state index in [1.807, 2.05) is 36.1 Å². The lowest BCUT2D eigenvalue weighted by atomic mass is 10.1. The molecule has 1 aromatic heterocycles. The Morgan fingerprint density at radius 3 is 2.86 bits per heavy atom. The fraction of sp³-hybridized carbons (Fsp3) is 0.467. The molecule has 1 aromatic carbocycles. The van der Waals surface area contributed by atoms with Crippen molar-refractivity contribution in [1.82, 2.24) is 25.1 Å². The van der Waals surface area contributed by atoms with Crippen molar-refractivity contribution in [2.24, 2.45) is 0 Å². The van der Waals surface area contributed by atoms with E-state index in [9.17, 15) is 4.79 Å². The molecule has 2 aromatic rings. The fourth-order valence-electron chi connectivity index (χ4n) is 2.55. The normalized spacial score (nSPS) is 15.0. The van der Waals surface area contributed by atoms with E-state index in [1.54, 1.807) is 4.68 Å². The molecule has 0 spiro atoms. The number of thioether (sulfide) groups is 1. The van der Waals surface area contributed by atoms with Crippen molar-refractivity contribution < 1.29 is 4.79 Å². The van der Waals surface area contributed by atoms with E-state index in [1.165, 1.54) is 18.2 Å². The van der Waals surface area contributed by atoms with Gasteiger partial charge in [-0.3, -0.25) is 4.79 Å². The summed E-state index contributed by atoms with van der Waals surface area (Å²) in [4.78, 5) is 14.2. The minimum absolute atomic E-state index is 0.170. The van der Waals surface area contributed by atoms with Gasteiger partial charge in [0.1, 0.15) is 0 Å². The summed E-state index contributed by atoms with van der Waals surface area (Å²) in [5.74, 6) is 0.551. The van der Waals surface area contributed by atoms with Crippen LogP contribution in [0.25, 0.3) is 5.69 Å². The van der Waals surface area contributed by atoms with Gasteiger partial charge in [0.2, 0.25) is 11.1 Å². The molecule has 0 aliphatic carbocycles. The molecule has 1 aliphatic rings. The van der Waals surface area contributed by atoms with Crippen LogP contribution in [0.2, 0.25) is 0 Å². The van der Waals surface area contributed by atoms with Crippen molar-refractivity contribution in [2.45, 2.75) is 31.3 Å². The Morgan fingerprint density at radius 1 is 1.27 bits per heavy atom. The highest BCUT2D eigenvalue weighted by Gasteiger charge is 2.18. The third-order valence-electron chi connectivity index (χ3n) is 3.72. The minimum Gasteiger partial charge on any atom is -0.342 e. The average Bonchev–Trinajstić information content (AvgIpc) is 3.02. The molecule has 7 heteroatoms. The van der Waals surface area contributed by atoms with Gasteiger partial charge in [0.15, 0.2) is 0 Å². The lowest BCUT2D eigenvalue weighted by Gasteiger charge is -2.26. The van der Waals surface area contributed by atoms with Crippen molar-refractivity contribution >= 4 is 17.7 Å². The fourth-order valence-corrected chi connectivity index (χ4v) is 3.35. The number of carbonyl (C=O) groups excluding carboxylic acids is 1. The summed E-state index contributed by atoms with van der Waals surface area (Å²) >= 11 is 1.39. The summed E-state index contributed by atoms with van der Waals surface area (Å²) in [5, 5.41) is 12.4. The number of benzene rings is 1. The maximum Gasteiger partial charge on any atom is 0.233 e. The van der Waals surface area contributed by atoms with Crippen LogP contribution in [0.15, 0.2) is 29.4 Å². The topological polar surface area (TPSA) is 63.9 Å². The first-order valence-corrected chi connectivity index (χ1v) is 8.48. The molecule has 0 atom stereocenters. The van der Waals surface area contributed by atoms with Gasteiger partial charge in [-0.1, -0.05) is 23.9 Å². The van der Waals surface area contributed by atoms with E-state index in [2.05, 4.69) is 15.5 Å². The van der Waals surface area contributed by atoms with Crippen molar-refractivity contribution in [1.29, 1.82) is 0 Å². The van der Waals surface area contributed by atoms with Crippen LogP contribution >= 0.6 is 11.8 Å². The van der Waals surface area contributed by atoms with Gasteiger partial charge in [0.25, 0.3) is 0 Å². The summed E-state index contributed by atoms with van der Waals surface area (Å²) in [6.45, 7) is 3.78. The second-order valence-corrected chi connectivity index (χ2v) is 6.38. The third kappa shape index (κ3) is 3.47. The van der Waals surface area contributed by atoms with Crippen LogP contribution in [-0.2, 0) is 4.79 Å². The SMILES string of the molecule is Cc1cccc(-n2nnnc2SCC(=O)N2CCCCC2)c1. The van der Waals surface area contributed by atoms with Crippen LogP contribution in [0.4, 0.5) is 0 Å². The molecule has 22 heavy (non-hydrogen) atoms. The first kappa shape index (κ1) is 15.0. The van der Waals surface area contributed by atoms with Gasteiger partial charge < -0.3 is 4.90 Å². The molecule has 0 saturated carbocycles. The number of tetrazole rings is 1. The van der Waals surface area contributed by atoms with Crippen LogP contribution in [0.3, 0.4) is 0 Å². The van der Waals surface area contributed by atoms with E-state index < -0.39 is 0 Å². The second-order valence-electron chi connectivity index (χ2n) is 5.44. The maximum atomic E-state index is 12.2. The number of carbonyl (C=O) groups is 1. The number of hydrogen-bond donors (Lipinski definition) is 0. The smallest absolute Gasteiger partial charge is 0.233 e. The highest BCUT2D eigenvalue weighted by Crippen LogP contribution is 2.20. The molecule has 0 radical (unpaired) electrons. The molecule has 1 fully saturated rings. The molecular weight excluding hydrogens is 298 g/mol. The van der Waals surface area contributed by atoms with E-state index in [-0.39, 0.29) is 5.91 Å². The molecule has 1 aliphatic heterocycles. The number of aromatic nitrogens is 4. The summed E-state index contributed by atoms with van der Waals surface area (Å²) < 4.78 is 1.68. The predicted molar refractivity (Wildman–Crippen MR) is 85.0 cm³/mol. The van der Waals surface area contributed by atoms with Crippen LogP contribution < -0.4 is 0 Å². The number of amides is 1. The van der Waals surface area contributed by atoms with Crippen molar-refractivity contribution in [3.05, 3.63) is 29.8 Å². The molecule has 1 amide bonds. The molecule has 2 heterocycles. The Kier molecular flexibility index (Phi) is 4.72. The van der Waals surface area contributed by atoms with Gasteiger partial charge >= 0.3 is 0 Å². The van der Waals surface area contributed by atoms with Gasteiger partial charge in [-0.25, -0.2) is 0 Å². The van der Waals surface area contributed by atoms with Crippen molar-refractivity contribution in [2.75, 3.05) is 18.8 Å². The van der Waals surface area contributed by atoms with E-state index in [0.717, 1.165) is 37.2 Å². The third-order valence-corrected chi connectivity index (χ3v) is 4.62. The van der Waals surface area contributed by atoms with Crippen molar-refractivity contribution in [3.8, 4) is 5.69 Å². The van der Waals surface area contributed by atoms with Crippen LogP contribution in [-0.4, -0.2) is 49.9 Å². The number of hydrogen-bond acceptors (Lipinski definition) is 5. The molecule has 1 saturated heterocycles. The van der Waals surface area contributed by atoms with Gasteiger partial charge in [0, 0.05) is 13.1 Å². The molecule has 3 rings (SSSR count). The summed E-state index contributed by atoms with van der Waals surface area (Å²) in [7, 11) is 0. The first-order valence-electron chi connectivity index (χ1n) is 7.50. The maximum absolute atomic E-state index is 12.2. The quantitative estimate of drug-likeness (QED) is 0.808. The number of nitrogens with zero attached hydrogens (tertiary/aromatic N) is 5. The van der Waals surface area contributed by atoms with E-state index >= 15 is 0 Å². The van der Waals surface area contributed by atoms with E-state index in [4.69, 9.17) is 0 Å². The Morgan fingerprint density at radius 2 is 2.09 bits per heavy atom. The summed E-state index contributed by atoms with van der Waals surface area (Å²) in [6, 6.07) is 7.98. The zero-order chi connectivity index (χ0) is 15.4. The number of aryl methyl sites for hydroxylation is 1. The largest absolute Gasteiger partial charge is 0.342 e. The van der Waals surface area contributed by atoms with Gasteiger partial charge in [-0.05, 0) is 54.3 Å². The van der Waals surface area contributed by atoms with E-state index in [0.29, 0.717) is 10.9 Å². The first-order chi connectivity index (χ1) is 10.7. The highest BCUT2D eigenvalue weighted by atomic mass is 32.2. The molecule has 0 bridgehead atoms. The zero-order valence-corrected chi connectivity index (χ0v) is 13.4. The predicted octanol–water partition coefficient (Wildman–Crippen LogP) is 2.08. The van der Waals surface area contributed by atoms with Crippen LogP contribution in [0, 0.1) is 6.92 Å². The summed E-state index contributed by atoms with van der Waals surface area (Å²) in [5.41, 5.74) is 2.06. The molecular formula is C15H19N5OS. The molecule has 6 nitrogen and oxygen atoms in total. The molecule has 0 unspecified atom stereocenters. The highest BCUT2D eigenvalue weighted by molar-refractivity contribution is 7.99. The van der Waals surface area contributed by atoms with Gasteiger partial charge in [0.05, 0.1) is 11.4 Å². The number of piperidine rings is 1. The number of rotatable bonds is 4. The Labute approximate surface area is 133 Å². The number of likely N-dealkylation sites (tertiary alicyclic amines) is 1. The molecule has 116 valence electrons. The Bertz CT molecular complexity index is 651. The zero-order valence-electron chi connectivity index (χ0n) is 12.6. The Balaban J connectivity index is 1.66. The Hall–Kier alpha value is -1.89. The van der Waals surface area contributed by atoms with Crippen LogP contribution in [0.5, 0.6) is 0 Å².